The van der Waals surface area contributed by atoms with Crippen molar-refractivity contribution in [3.8, 4) is 5.88 Å². The molecule has 0 fully saturated rings. The van der Waals surface area contributed by atoms with Crippen LogP contribution in [-0.4, -0.2) is 11.6 Å². The molecule has 0 bridgehead atoms. The van der Waals surface area contributed by atoms with Crippen molar-refractivity contribution in [2.45, 2.75) is 40.2 Å². The van der Waals surface area contributed by atoms with Crippen LogP contribution in [0.25, 0.3) is 0 Å². The van der Waals surface area contributed by atoms with Gasteiger partial charge in [0.15, 0.2) is 0 Å². The minimum atomic E-state index is -2.90. The molecule has 0 atom stereocenters. The standard InChI is InChI=1S/C9H10ClF2NO.C2H6/c1-5(2)7-4-3-6(10)8(13-7)14-9(11)12;1-2/h3-5,9H,1-2H3;1-2H3. The summed E-state index contributed by atoms with van der Waals surface area (Å²) in [6.45, 7) is 4.91. The van der Waals surface area contributed by atoms with E-state index in [1.54, 1.807) is 6.07 Å². The van der Waals surface area contributed by atoms with Crippen LogP contribution in [0.5, 0.6) is 5.88 Å². The van der Waals surface area contributed by atoms with Crippen LogP contribution in [0, 0.1) is 0 Å². The van der Waals surface area contributed by atoms with Gasteiger partial charge in [-0.2, -0.15) is 8.78 Å². The zero-order valence-corrected chi connectivity index (χ0v) is 10.6. The first-order valence-electron chi connectivity index (χ1n) is 5.12. The summed E-state index contributed by atoms with van der Waals surface area (Å²) in [5.74, 6) is -0.0693. The molecule has 0 unspecified atom stereocenters. The fraction of sp³-hybridized carbons (Fsp3) is 0.545. The molecule has 0 amide bonds. The molecule has 1 heterocycles. The van der Waals surface area contributed by atoms with Crippen molar-refractivity contribution in [1.82, 2.24) is 4.98 Å². The molecule has 1 aromatic rings. The topological polar surface area (TPSA) is 22.1 Å². The summed E-state index contributed by atoms with van der Waals surface area (Å²) >= 11 is 5.62. The Labute approximate surface area is 99.6 Å². The number of rotatable bonds is 3. The van der Waals surface area contributed by atoms with Gasteiger partial charge in [-0.15, -0.1) is 0 Å². The number of hydrogen-bond acceptors (Lipinski definition) is 2. The third-order valence-electron chi connectivity index (χ3n) is 1.63. The Kier molecular flexibility index (Phi) is 6.97. The Hall–Kier alpha value is -0.900. The van der Waals surface area contributed by atoms with Gasteiger partial charge in [0.25, 0.3) is 0 Å². The maximum atomic E-state index is 11.9. The SMILES string of the molecule is CC.CC(C)c1ccc(Cl)c(OC(F)F)n1. The summed E-state index contributed by atoms with van der Waals surface area (Å²) < 4.78 is 28.0. The molecule has 16 heavy (non-hydrogen) atoms. The van der Waals surface area contributed by atoms with Crippen molar-refractivity contribution in [2.75, 3.05) is 0 Å². The van der Waals surface area contributed by atoms with Crippen molar-refractivity contribution in [1.29, 1.82) is 0 Å². The van der Waals surface area contributed by atoms with E-state index in [0.29, 0.717) is 5.69 Å². The van der Waals surface area contributed by atoms with E-state index in [-0.39, 0.29) is 16.8 Å². The van der Waals surface area contributed by atoms with Crippen LogP contribution >= 0.6 is 11.6 Å². The summed E-state index contributed by atoms with van der Waals surface area (Å²) in [5.41, 5.74) is 0.671. The van der Waals surface area contributed by atoms with Gasteiger partial charge in [-0.25, -0.2) is 4.98 Å². The number of hydrogen-bond donors (Lipinski definition) is 0. The number of aromatic nitrogens is 1. The van der Waals surface area contributed by atoms with Gasteiger partial charge >= 0.3 is 6.61 Å². The zero-order valence-electron chi connectivity index (χ0n) is 9.80. The van der Waals surface area contributed by atoms with E-state index in [1.165, 1.54) is 6.07 Å². The maximum absolute atomic E-state index is 11.9. The second-order valence-electron chi connectivity index (χ2n) is 3.06. The number of ether oxygens (including phenoxy) is 1. The lowest BCUT2D eigenvalue weighted by atomic mass is 10.1. The molecule has 0 radical (unpaired) electrons. The average Bonchev–Trinajstić information content (AvgIpc) is 2.23. The fourth-order valence-corrected chi connectivity index (χ4v) is 1.08. The van der Waals surface area contributed by atoms with Crippen molar-refractivity contribution < 1.29 is 13.5 Å². The highest BCUT2D eigenvalue weighted by atomic mass is 35.5. The molecule has 0 saturated heterocycles. The molecule has 0 aliphatic heterocycles. The second-order valence-corrected chi connectivity index (χ2v) is 3.46. The summed E-state index contributed by atoms with van der Waals surface area (Å²) in [4.78, 5) is 3.88. The monoisotopic (exact) mass is 251 g/mol. The van der Waals surface area contributed by atoms with E-state index in [9.17, 15) is 8.78 Å². The minimum absolute atomic E-state index is 0.0923. The first-order valence-corrected chi connectivity index (χ1v) is 5.49. The number of alkyl halides is 2. The number of pyridine rings is 1. The van der Waals surface area contributed by atoms with Gasteiger partial charge in [-0.3, -0.25) is 0 Å². The summed E-state index contributed by atoms with van der Waals surface area (Å²) in [6.07, 6.45) is 0. The lowest BCUT2D eigenvalue weighted by Gasteiger charge is -2.09. The second kappa shape index (κ2) is 7.39. The van der Waals surface area contributed by atoms with E-state index >= 15 is 0 Å². The molecule has 0 N–H and O–H groups in total. The summed E-state index contributed by atoms with van der Waals surface area (Å²) in [7, 11) is 0. The van der Waals surface area contributed by atoms with E-state index in [1.807, 2.05) is 27.7 Å². The van der Waals surface area contributed by atoms with Crippen LogP contribution in [0.2, 0.25) is 5.02 Å². The molecule has 0 spiro atoms. The molecule has 0 aliphatic carbocycles. The predicted molar refractivity (Wildman–Crippen MR) is 61.3 cm³/mol. The average molecular weight is 252 g/mol. The van der Waals surface area contributed by atoms with Gasteiger partial charge in [0.2, 0.25) is 5.88 Å². The van der Waals surface area contributed by atoms with Gasteiger partial charge in [-0.1, -0.05) is 39.3 Å². The largest absolute Gasteiger partial charge is 0.415 e. The van der Waals surface area contributed by atoms with Crippen molar-refractivity contribution in [3.05, 3.63) is 22.8 Å². The molecular weight excluding hydrogens is 236 g/mol. The Morgan fingerprint density at radius 1 is 1.25 bits per heavy atom. The molecule has 2 nitrogen and oxygen atoms in total. The van der Waals surface area contributed by atoms with Gasteiger partial charge in [0.05, 0.1) is 0 Å². The van der Waals surface area contributed by atoms with Gasteiger partial charge in [0, 0.05) is 5.69 Å². The van der Waals surface area contributed by atoms with Crippen molar-refractivity contribution >= 4 is 11.6 Å². The summed E-state index contributed by atoms with van der Waals surface area (Å²) in [6, 6.07) is 3.19. The molecule has 92 valence electrons. The summed E-state index contributed by atoms with van der Waals surface area (Å²) in [5, 5.41) is 0.0923. The van der Waals surface area contributed by atoms with Gasteiger partial charge in [-0.05, 0) is 18.1 Å². The fourth-order valence-electron chi connectivity index (χ4n) is 0.926. The number of halogens is 3. The van der Waals surface area contributed by atoms with Crippen LogP contribution in [0.1, 0.15) is 39.3 Å². The van der Waals surface area contributed by atoms with Gasteiger partial charge < -0.3 is 4.74 Å². The molecule has 1 aromatic heterocycles. The Balaban J connectivity index is 0.00000106. The quantitative estimate of drug-likeness (QED) is 0.790. The molecule has 0 aliphatic rings. The lowest BCUT2D eigenvalue weighted by Crippen LogP contribution is -2.05. The van der Waals surface area contributed by atoms with E-state index in [4.69, 9.17) is 11.6 Å². The molecule has 1 rings (SSSR count). The van der Waals surface area contributed by atoms with Crippen LogP contribution < -0.4 is 4.74 Å². The Bertz CT molecular complexity index is 319. The highest BCUT2D eigenvalue weighted by Gasteiger charge is 2.12. The van der Waals surface area contributed by atoms with Crippen LogP contribution in [-0.2, 0) is 0 Å². The van der Waals surface area contributed by atoms with E-state index in [2.05, 4.69) is 9.72 Å². The van der Waals surface area contributed by atoms with Gasteiger partial charge in [0.1, 0.15) is 5.02 Å². The van der Waals surface area contributed by atoms with Crippen molar-refractivity contribution in [3.63, 3.8) is 0 Å². The third kappa shape index (κ3) is 4.75. The molecule has 5 heteroatoms. The Morgan fingerprint density at radius 2 is 1.81 bits per heavy atom. The molecule has 0 aromatic carbocycles. The third-order valence-corrected chi connectivity index (χ3v) is 1.92. The first kappa shape index (κ1) is 15.1. The highest BCUT2D eigenvalue weighted by molar-refractivity contribution is 6.31. The smallest absolute Gasteiger partial charge is 0.388 e. The van der Waals surface area contributed by atoms with Crippen LogP contribution in [0.4, 0.5) is 8.78 Å². The molecular formula is C11H16ClF2NO. The van der Waals surface area contributed by atoms with E-state index < -0.39 is 6.61 Å². The number of nitrogens with zero attached hydrogens (tertiary/aromatic N) is 1. The lowest BCUT2D eigenvalue weighted by molar-refractivity contribution is -0.0529. The predicted octanol–water partition coefficient (Wildman–Crippen LogP) is 4.49. The normalized spacial score (nSPS) is 10.1. The van der Waals surface area contributed by atoms with Crippen LogP contribution in [0.15, 0.2) is 12.1 Å². The minimum Gasteiger partial charge on any atom is -0.415 e. The Morgan fingerprint density at radius 3 is 2.25 bits per heavy atom. The van der Waals surface area contributed by atoms with E-state index in [0.717, 1.165) is 0 Å². The van der Waals surface area contributed by atoms with Crippen LogP contribution in [0.3, 0.4) is 0 Å². The first-order chi connectivity index (χ1) is 7.50. The highest BCUT2D eigenvalue weighted by Crippen LogP contribution is 2.25. The van der Waals surface area contributed by atoms with Crippen molar-refractivity contribution in [2.24, 2.45) is 0 Å². The maximum Gasteiger partial charge on any atom is 0.388 e. The molecule has 0 saturated carbocycles. The zero-order chi connectivity index (χ0) is 12.7.